The van der Waals surface area contributed by atoms with Gasteiger partial charge in [-0.2, -0.15) is 18.4 Å². The van der Waals surface area contributed by atoms with E-state index in [9.17, 15) is 23.3 Å². The Morgan fingerprint density at radius 2 is 2.00 bits per heavy atom. The van der Waals surface area contributed by atoms with Crippen LogP contribution in [0.25, 0.3) is 0 Å². The highest BCUT2D eigenvalue weighted by Gasteiger charge is 2.32. The normalized spacial score (nSPS) is 10.0. The maximum Gasteiger partial charge on any atom is 0.416 e. The van der Waals surface area contributed by atoms with Gasteiger partial charge in [0.05, 0.1) is 10.5 Å². The number of hydrogen-bond donors (Lipinski definition) is 0. The van der Waals surface area contributed by atoms with E-state index in [0.29, 0.717) is 12.1 Å². The number of rotatable bonds is 1. The summed E-state index contributed by atoms with van der Waals surface area (Å²) in [5.74, 6) is 3.99. The van der Waals surface area contributed by atoms with Crippen molar-refractivity contribution in [2.75, 3.05) is 0 Å². The highest BCUT2D eigenvalue weighted by atomic mass is 19.4. The van der Waals surface area contributed by atoms with E-state index < -0.39 is 22.4 Å². The van der Waals surface area contributed by atoms with Crippen LogP contribution in [-0.2, 0) is 6.18 Å². The molecule has 0 radical (unpaired) electrons. The molecule has 0 aliphatic heterocycles. The molecule has 0 N–H and O–H groups in total. The number of benzene rings is 1. The Morgan fingerprint density at radius 3 is 2.47 bits per heavy atom. The van der Waals surface area contributed by atoms with Gasteiger partial charge in [0.15, 0.2) is 6.07 Å². The molecule has 0 atom stereocenters. The monoisotopic (exact) mass is 240 g/mol. The predicted octanol–water partition coefficient (Wildman–Crippen LogP) is 2.49. The van der Waals surface area contributed by atoms with Gasteiger partial charge in [-0.3, -0.25) is 10.1 Å². The van der Waals surface area contributed by atoms with E-state index in [2.05, 4.69) is 5.92 Å². The summed E-state index contributed by atoms with van der Waals surface area (Å²) >= 11 is 0. The number of nitro benzene ring substituents is 1. The van der Waals surface area contributed by atoms with E-state index in [1.54, 1.807) is 0 Å². The molecule has 1 aromatic carbocycles. The van der Waals surface area contributed by atoms with Crippen LogP contribution in [0.5, 0.6) is 0 Å². The first kappa shape index (κ1) is 12.5. The Morgan fingerprint density at radius 1 is 1.35 bits per heavy atom. The maximum atomic E-state index is 12.3. The average Bonchev–Trinajstić information content (AvgIpc) is 2.24. The maximum absolute atomic E-state index is 12.3. The lowest BCUT2D eigenvalue weighted by molar-refractivity contribution is -0.385. The van der Waals surface area contributed by atoms with Gasteiger partial charge in [-0.25, -0.2) is 0 Å². The molecular formula is C10H3F3N2O2. The zero-order chi connectivity index (χ0) is 13.1. The van der Waals surface area contributed by atoms with Crippen LogP contribution in [-0.4, -0.2) is 4.92 Å². The van der Waals surface area contributed by atoms with Gasteiger partial charge in [-0.1, -0.05) is 0 Å². The summed E-state index contributed by atoms with van der Waals surface area (Å²) in [4.78, 5) is 9.58. The number of halogens is 3. The third kappa shape index (κ3) is 2.95. The third-order valence-electron chi connectivity index (χ3n) is 1.77. The second kappa shape index (κ2) is 4.54. The van der Waals surface area contributed by atoms with Crippen molar-refractivity contribution in [2.24, 2.45) is 0 Å². The molecule has 17 heavy (non-hydrogen) atoms. The minimum atomic E-state index is -4.66. The van der Waals surface area contributed by atoms with Crippen molar-refractivity contribution in [1.82, 2.24) is 0 Å². The first-order valence-corrected chi connectivity index (χ1v) is 4.12. The fraction of sp³-hybridized carbons (Fsp3) is 0.100. The molecule has 0 aliphatic carbocycles. The molecule has 0 aromatic heterocycles. The van der Waals surface area contributed by atoms with Crippen molar-refractivity contribution in [2.45, 2.75) is 6.18 Å². The van der Waals surface area contributed by atoms with E-state index >= 15 is 0 Å². The summed E-state index contributed by atoms with van der Waals surface area (Å²) in [6.07, 6.45) is -4.66. The first-order chi connectivity index (χ1) is 7.86. The molecule has 0 saturated heterocycles. The largest absolute Gasteiger partial charge is 0.416 e. The van der Waals surface area contributed by atoms with Gasteiger partial charge in [-0.15, -0.1) is 0 Å². The van der Waals surface area contributed by atoms with Crippen molar-refractivity contribution >= 4 is 5.69 Å². The van der Waals surface area contributed by atoms with Gasteiger partial charge in [-0.05, 0) is 18.1 Å². The zero-order valence-electron chi connectivity index (χ0n) is 8.08. The van der Waals surface area contributed by atoms with Crippen molar-refractivity contribution in [1.29, 1.82) is 5.26 Å². The quantitative estimate of drug-likeness (QED) is 0.430. The predicted molar refractivity (Wildman–Crippen MR) is 50.6 cm³/mol. The van der Waals surface area contributed by atoms with Crippen LogP contribution in [0.1, 0.15) is 11.1 Å². The Hall–Kier alpha value is -2.54. The molecule has 0 bridgehead atoms. The van der Waals surface area contributed by atoms with Crippen LogP contribution >= 0.6 is 0 Å². The topological polar surface area (TPSA) is 66.9 Å². The van der Waals surface area contributed by atoms with Crippen LogP contribution in [0, 0.1) is 33.3 Å². The van der Waals surface area contributed by atoms with Crippen LogP contribution in [0.15, 0.2) is 18.2 Å². The minimum absolute atomic E-state index is 0.232. The van der Waals surface area contributed by atoms with Gasteiger partial charge in [0.1, 0.15) is 5.56 Å². The Bertz CT molecular complexity index is 562. The molecule has 0 fully saturated rings. The summed E-state index contributed by atoms with van der Waals surface area (Å²) in [6, 6.07) is 3.35. The van der Waals surface area contributed by atoms with Crippen LogP contribution in [0.3, 0.4) is 0 Å². The Kier molecular flexibility index (Phi) is 3.34. The molecule has 1 aromatic rings. The molecule has 0 amide bonds. The summed E-state index contributed by atoms with van der Waals surface area (Å²) in [5.41, 5.74) is -2.14. The lowest BCUT2D eigenvalue weighted by atomic mass is 10.1. The van der Waals surface area contributed by atoms with E-state index in [0.717, 1.165) is 6.07 Å². The summed E-state index contributed by atoms with van der Waals surface area (Å²) < 4.78 is 36.9. The molecule has 86 valence electrons. The van der Waals surface area contributed by atoms with Gasteiger partial charge in [0.2, 0.25) is 0 Å². The second-order valence-corrected chi connectivity index (χ2v) is 2.85. The molecule has 1 rings (SSSR count). The number of alkyl halides is 3. The van der Waals surface area contributed by atoms with E-state index in [1.807, 2.05) is 5.92 Å². The van der Waals surface area contributed by atoms with Crippen molar-refractivity contribution in [3.63, 3.8) is 0 Å². The van der Waals surface area contributed by atoms with Gasteiger partial charge < -0.3 is 0 Å². The highest BCUT2D eigenvalue weighted by Crippen LogP contribution is 2.32. The lowest BCUT2D eigenvalue weighted by Crippen LogP contribution is -2.06. The summed E-state index contributed by atoms with van der Waals surface area (Å²) in [7, 11) is 0. The number of nitriles is 1. The van der Waals surface area contributed by atoms with E-state index in [-0.39, 0.29) is 5.56 Å². The zero-order valence-corrected chi connectivity index (χ0v) is 8.08. The Balaban J connectivity index is 3.38. The van der Waals surface area contributed by atoms with Crippen molar-refractivity contribution in [3.8, 4) is 17.9 Å². The van der Waals surface area contributed by atoms with E-state index in [1.165, 1.54) is 6.07 Å². The standard InChI is InChI=1S/C10H3F3N2O2/c11-10(12,13)8-4-3-7(2-1-5-14)9(6-8)15(16)17/h3-4,6H. The molecule has 0 unspecified atom stereocenters. The average molecular weight is 240 g/mol. The Labute approximate surface area is 93.4 Å². The summed E-state index contributed by atoms with van der Waals surface area (Å²) in [6.45, 7) is 0. The fourth-order valence-electron chi connectivity index (χ4n) is 1.06. The number of nitrogens with zero attached hydrogens (tertiary/aromatic N) is 2. The van der Waals surface area contributed by atoms with Crippen molar-refractivity contribution in [3.05, 3.63) is 39.4 Å². The number of hydrogen-bond acceptors (Lipinski definition) is 3. The highest BCUT2D eigenvalue weighted by molar-refractivity contribution is 5.54. The third-order valence-corrected chi connectivity index (χ3v) is 1.77. The molecule has 0 heterocycles. The van der Waals surface area contributed by atoms with Crippen LogP contribution in [0.4, 0.5) is 18.9 Å². The lowest BCUT2D eigenvalue weighted by Gasteiger charge is -2.06. The van der Waals surface area contributed by atoms with Crippen LogP contribution in [0.2, 0.25) is 0 Å². The van der Waals surface area contributed by atoms with Gasteiger partial charge in [0, 0.05) is 12.0 Å². The SMILES string of the molecule is N#CC#Cc1ccc(C(F)(F)F)cc1[N+](=O)[O-]. The van der Waals surface area contributed by atoms with Gasteiger partial charge in [0.25, 0.3) is 5.69 Å². The molecule has 0 saturated carbocycles. The molecule has 7 heteroatoms. The number of nitro groups is 1. The van der Waals surface area contributed by atoms with Crippen molar-refractivity contribution < 1.29 is 18.1 Å². The summed E-state index contributed by atoms with van der Waals surface area (Å²) in [5, 5.41) is 18.7. The molecule has 0 aliphatic rings. The molecule has 4 nitrogen and oxygen atoms in total. The second-order valence-electron chi connectivity index (χ2n) is 2.85. The van der Waals surface area contributed by atoms with E-state index in [4.69, 9.17) is 5.26 Å². The van der Waals surface area contributed by atoms with Crippen LogP contribution < -0.4 is 0 Å². The smallest absolute Gasteiger partial charge is 0.258 e. The minimum Gasteiger partial charge on any atom is -0.258 e. The van der Waals surface area contributed by atoms with Gasteiger partial charge >= 0.3 is 6.18 Å². The molecular weight excluding hydrogens is 237 g/mol. The first-order valence-electron chi connectivity index (χ1n) is 4.12. The molecule has 0 spiro atoms. The fourth-order valence-corrected chi connectivity index (χ4v) is 1.06.